The van der Waals surface area contributed by atoms with E-state index < -0.39 is 4.92 Å². The summed E-state index contributed by atoms with van der Waals surface area (Å²) < 4.78 is 0. The number of likely N-dealkylation sites (tertiary alicyclic amines) is 1. The first-order valence-electron chi connectivity index (χ1n) is 11.5. The number of hydrogen-bond acceptors (Lipinski definition) is 5. The van der Waals surface area contributed by atoms with Crippen molar-refractivity contribution in [1.82, 2.24) is 10.2 Å². The van der Waals surface area contributed by atoms with Crippen LogP contribution in [0.5, 0.6) is 0 Å². The molecule has 0 aliphatic carbocycles. The highest BCUT2D eigenvalue weighted by Crippen LogP contribution is 2.28. The fourth-order valence-corrected chi connectivity index (χ4v) is 4.44. The van der Waals surface area contributed by atoms with Crippen molar-refractivity contribution in [3.63, 3.8) is 0 Å². The first kappa shape index (κ1) is 22.6. The Balaban J connectivity index is 1.38. The quantitative estimate of drug-likeness (QED) is 0.527. The van der Waals surface area contributed by atoms with Crippen molar-refractivity contribution >= 4 is 29.0 Å². The fraction of sp³-hybridized carbons (Fsp3) is 0.417. The molecule has 2 aromatic rings. The molecule has 0 bridgehead atoms. The van der Waals surface area contributed by atoms with Crippen LogP contribution in [0.1, 0.15) is 42.5 Å². The number of piperidine rings is 2. The van der Waals surface area contributed by atoms with Gasteiger partial charge >= 0.3 is 6.03 Å². The molecule has 0 radical (unpaired) electrons. The standard InChI is InChI=1S/C24H29N5O4/c30-23(21-17-20(29(32)33)9-10-22(21)27-13-5-2-6-14-27)25-19-11-15-28(16-12-19)24(31)26-18-7-3-1-4-8-18/h1,3-4,7-10,17,19H,2,5-6,11-16H2,(H,25,30)(H,26,31). The molecule has 0 saturated carbocycles. The Hall–Kier alpha value is -3.62. The molecule has 2 aromatic carbocycles. The van der Waals surface area contributed by atoms with Crippen molar-refractivity contribution < 1.29 is 14.5 Å². The molecule has 2 aliphatic rings. The third kappa shape index (κ3) is 5.60. The van der Waals surface area contributed by atoms with Gasteiger partial charge in [-0.2, -0.15) is 0 Å². The zero-order chi connectivity index (χ0) is 23.2. The number of nitrogens with one attached hydrogen (secondary N) is 2. The summed E-state index contributed by atoms with van der Waals surface area (Å²) in [5.74, 6) is -0.300. The topological polar surface area (TPSA) is 108 Å². The summed E-state index contributed by atoms with van der Waals surface area (Å²) >= 11 is 0. The van der Waals surface area contributed by atoms with Crippen LogP contribution in [0.3, 0.4) is 0 Å². The van der Waals surface area contributed by atoms with Gasteiger partial charge in [0.1, 0.15) is 0 Å². The highest BCUT2D eigenvalue weighted by molar-refractivity contribution is 6.00. The van der Waals surface area contributed by atoms with E-state index >= 15 is 0 Å². The molecule has 2 saturated heterocycles. The number of benzene rings is 2. The first-order chi connectivity index (χ1) is 16.0. The van der Waals surface area contributed by atoms with Gasteiger partial charge in [-0.3, -0.25) is 14.9 Å². The molecule has 2 fully saturated rings. The van der Waals surface area contributed by atoms with E-state index in [-0.39, 0.29) is 23.7 Å². The van der Waals surface area contributed by atoms with E-state index in [1.54, 1.807) is 11.0 Å². The van der Waals surface area contributed by atoms with Gasteiger partial charge in [0.15, 0.2) is 0 Å². The maximum atomic E-state index is 13.2. The second-order valence-corrected chi connectivity index (χ2v) is 8.54. The highest BCUT2D eigenvalue weighted by Gasteiger charge is 2.27. The van der Waals surface area contributed by atoms with Crippen LogP contribution in [0.2, 0.25) is 0 Å². The van der Waals surface area contributed by atoms with Crippen LogP contribution >= 0.6 is 0 Å². The Morgan fingerprint density at radius 1 is 0.939 bits per heavy atom. The molecule has 2 aliphatic heterocycles. The van der Waals surface area contributed by atoms with Gasteiger partial charge < -0.3 is 20.4 Å². The van der Waals surface area contributed by atoms with E-state index in [9.17, 15) is 19.7 Å². The number of rotatable bonds is 5. The van der Waals surface area contributed by atoms with Gasteiger partial charge in [-0.05, 0) is 50.3 Å². The number of para-hydroxylation sites is 1. The van der Waals surface area contributed by atoms with Crippen molar-refractivity contribution in [3.05, 3.63) is 64.2 Å². The lowest BCUT2D eigenvalue weighted by atomic mass is 10.0. The lowest BCUT2D eigenvalue weighted by Gasteiger charge is -2.33. The molecule has 0 atom stereocenters. The summed E-state index contributed by atoms with van der Waals surface area (Å²) in [6, 6.07) is 13.6. The normalized spacial score (nSPS) is 16.8. The van der Waals surface area contributed by atoms with E-state index in [1.165, 1.54) is 12.1 Å². The summed E-state index contributed by atoms with van der Waals surface area (Å²) in [6.45, 7) is 2.73. The molecule has 33 heavy (non-hydrogen) atoms. The number of carbonyl (C=O) groups is 2. The SMILES string of the molecule is O=C(NC1CCN(C(=O)Nc2ccccc2)CC1)c1cc([N+](=O)[O-])ccc1N1CCCCC1. The maximum absolute atomic E-state index is 13.2. The van der Waals surface area contributed by atoms with E-state index in [0.29, 0.717) is 31.5 Å². The largest absolute Gasteiger partial charge is 0.371 e. The Bertz CT molecular complexity index is 999. The number of carbonyl (C=O) groups excluding carboxylic acids is 2. The predicted molar refractivity (Wildman–Crippen MR) is 127 cm³/mol. The zero-order valence-corrected chi connectivity index (χ0v) is 18.5. The lowest BCUT2D eigenvalue weighted by Crippen LogP contribution is -2.48. The molecular weight excluding hydrogens is 422 g/mol. The molecule has 9 nitrogen and oxygen atoms in total. The van der Waals surface area contributed by atoms with E-state index in [1.807, 2.05) is 30.3 Å². The highest BCUT2D eigenvalue weighted by atomic mass is 16.6. The molecule has 0 aromatic heterocycles. The van der Waals surface area contributed by atoms with Crippen LogP contribution in [0, 0.1) is 10.1 Å². The second-order valence-electron chi connectivity index (χ2n) is 8.54. The van der Waals surface area contributed by atoms with Crippen LogP contribution in [0.25, 0.3) is 0 Å². The van der Waals surface area contributed by atoms with Crippen molar-refractivity contribution in [2.75, 3.05) is 36.4 Å². The Kier molecular flexibility index (Phi) is 7.07. The van der Waals surface area contributed by atoms with Crippen LogP contribution in [-0.4, -0.2) is 54.0 Å². The molecule has 0 spiro atoms. The third-order valence-corrected chi connectivity index (χ3v) is 6.27. The Morgan fingerprint density at radius 2 is 1.64 bits per heavy atom. The molecule has 0 unspecified atom stereocenters. The van der Waals surface area contributed by atoms with Crippen LogP contribution in [0.4, 0.5) is 21.9 Å². The summed E-state index contributed by atoms with van der Waals surface area (Å²) in [4.78, 5) is 40.4. The molecule has 174 valence electrons. The number of nitrogens with zero attached hydrogens (tertiary/aromatic N) is 3. The third-order valence-electron chi connectivity index (χ3n) is 6.27. The van der Waals surface area contributed by atoms with Crippen molar-refractivity contribution in [2.45, 2.75) is 38.1 Å². The first-order valence-corrected chi connectivity index (χ1v) is 11.5. The lowest BCUT2D eigenvalue weighted by molar-refractivity contribution is -0.384. The summed E-state index contributed by atoms with van der Waals surface area (Å²) in [7, 11) is 0. The van der Waals surface area contributed by atoms with E-state index in [4.69, 9.17) is 0 Å². The monoisotopic (exact) mass is 451 g/mol. The van der Waals surface area contributed by atoms with Gasteiger partial charge in [0.25, 0.3) is 11.6 Å². The van der Waals surface area contributed by atoms with Gasteiger partial charge in [0.2, 0.25) is 0 Å². The van der Waals surface area contributed by atoms with Crippen LogP contribution in [-0.2, 0) is 0 Å². The number of urea groups is 1. The smallest absolute Gasteiger partial charge is 0.321 e. The average molecular weight is 452 g/mol. The minimum Gasteiger partial charge on any atom is -0.371 e. The van der Waals surface area contributed by atoms with Gasteiger partial charge in [0, 0.05) is 50.0 Å². The van der Waals surface area contributed by atoms with Gasteiger partial charge in [-0.25, -0.2) is 4.79 Å². The minimum atomic E-state index is -0.472. The van der Waals surface area contributed by atoms with Crippen LogP contribution < -0.4 is 15.5 Å². The molecule has 3 amide bonds. The van der Waals surface area contributed by atoms with Gasteiger partial charge in [0.05, 0.1) is 16.2 Å². The maximum Gasteiger partial charge on any atom is 0.321 e. The Labute approximate surface area is 192 Å². The van der Waals surface area contributed by atoms with E-state index in [2.05, 4.69) is 15.5 Å². The average Bonchev–Trinajstić information content (AvgIpc) is 2.85. The van der Waals surface area contributed by atoms with Crippen molar-refractivity contribution in [3.8, 4) is 0 Å². The van der Waals surface area contributed by atoms with Gasteiger partial charge in [-0.1, -0.05) is 18.2 Å². The molecule has 4 rings (SSSR count). The molecule has 9 heteroatoms. The van der Waals surface area contributed by atoms with Gasteiger partial charge in [-0.15, -0.1) is 0 Å². The zero-order valence-electron chi connectivity index (χ0n) is 18.5. The number of amides is 3. The fourth-order valence-electron chi connectivity index (χ4n) is 4.44. The summed E-state index contributed by atoms with van der Waals surface area (Å²) in [6.07, 6.45) is 4.49. The molecule has 2 N–H and O–H groups in total. The Morgan fingerprint density at radius 3 is 2.30 bits per heavy atom. The van der Waals surface area contributed by atoms with E-state index in [0.717, 1.165) is 43.7 Å². The minimum absolute atomic E-state index is 0.0895. The summed E-state index contributed by atoms with van der Waals surface area (Å²) in [5.41, 5.74) is 1.75. The molecule has 2 heterocycles. The van der Waals surface area contributed by atoms with Crippen molar-refractivity contribution in [1.29, 1.82) is 0 Å². The number of nitro groups is 1. The predicted octanol–water partition coefficient (Wildman–Crippen LogP) is 4.01. The number of nitro benzene ring substituents is 1. The van der Waals surface area contributed by atoms with Crippen molar-refractivity contribution in [2.24, 2.45) is 0 Å². The number of hydrogen-bond donors (Lipinski definition) is 2. The number of anilines is 2. The molecular formula is C24H29N5O4. The van der Waals surface area contributed by atoms with Crippen LogP contribution in [0.15, 0.2) is 48.5 Å². The second kappa shape index (κ2) is 10.3. The number of non-ortho nitro benzene ring substituents is 1. The summed E-state index contributed by atoms with van der Waals surface area (Å²) in [5, 5.41) is 17.2.